The van der Waals surface area contributed by atoms with E-state index in [0.717, 1.165) is 21.8 Å². The Hall–Kier alpha value is -3.67. The number of aromatic hydroxyl groups is 1. The van der Waals surface area contributed by atoms with Gasteiger partial charge in [-0.1, -0.05) is 61.5 Å². The summed E-state index contributed by atoms with van der Waals surface area (Å²) in [5, 5.41) is 23.3. The predicted octanol–water partition coefficient (Wildman–Crippen LogP) is 3.95. The van der Waals surface area contributed by atoms with E-state index in [2.05, 4.69) is 41.3 Å². The van der Waals surface area contributed by atoms with Gasteiger partial charge in [0.1, 0.15) is 5.56 Å². The molecule has 4 rings (SSSR count). The zero-order chi connectivity index (χ0) is 19.0. The molecule has 134 valence electrons. The second kappa shape index (κ2) is 6.57. The largest absolute Gasteiger partial charge is 0.493 e. The van der Waals surface area contributed by atoms with Crippen LogP contribution in [0.5, 0.6) is 5.88 Å². The first kappa shape index (κ1) is 16.8. The second-order valence-electron chi connectivity index (χ2n) is 6.35. The van der Waals surface area contributed by atoms with Gasteiger partial charge in [-0.15, -0.1) is 0 Å². The van der Waals surface area contributed by atoms with Crippen LogP contribution < -0.4 is 0 Å². The number of carboxylic acid groups (broad SMARTS) is 1. The molecule has 0 spiro atoms. The van der Waals surface area contributed by atoms with E-state index >= 15 is 0 Å². The minimum Gasteiger partial charge on any atom is -0.493 e. The van der Waals surface area contributed by atoms with Crippen molar-refractivity contribution in [3.05, 3.63) is 83.7 Å². The van der Waals surface area contributed by atoms with Gasteiger partial charge in [-0.2, -0.15) is 9.61 Å². The van der Waals surface area contributed by atoms with E-state index in [1.807, 2.05) is 30.3 Å². The van der Waals surface area contributed by atoms with Gasteiger partial charge in [0, 0.05) is 17.7 Å². The minimum atomic E-state index is -1.25. The van der Waals surface area contributed by atoms with Gasteiger partial charge in [0.15, 0.2) is 5.65 Å². The number of hydrogen-bond donors (Lipinski definition) is 2. The average Bonchev–Trinajstić information content (AvgIpc) is 3.13. The third-order valence-corrected chi connectivity index (χ3v) is 4.75. The molecule has 2 aromatic heterocycles. The van der Waals surface area contributed by atoms with Crippen LogP contribution in [0.4, 0.5) is 0 Å². The standard InChI is InChI=1S/C21H17N3O3/c1-13(14-5-3-2-4-6-14)15-7-9-16(10-8-15)17-12-23-24-19(17)22-11-18(20(24)25)21(26)27/h2-13,25H,1H3,(H,26,27). The normalized spacial score (nSPS) is 12.2. The summed E-state index contributed by atoms with van der Waals surface area (Å²) in [6.45, 7) is 2.16. The summed E-state index contributed by atoms with van der Waals surface area (Å²) in [5.41, 5.74) is 4.16. The molecule has 0 saturated heterocycles. The van der Waals surface area contributed by atoms with E-state index in [1.165, 1.54) is 11.1 Å². The summed E-state index contributed by atoms with van der Waals surface area (Å²) >= 11 is 0. The molecule has 0 amide bonds. The van der Waals surface area contributed by atoms with E-state index < -0.39 is 11.8 Å². The molecule has 6 heteroatoms. The molecule has 0 saturated carbocycles. The second-order valence-corrected chi connectivity index (χ2v) is 6.35. The summed E-state index contributed by atoms with van der Waals surface area (Å²) in [4.78, 5) is 15.3. The SMILES string of the molecule is CC(c1ccccc1)c1ccc(-c2cnn3c(O)c(C(=O)O)cnc23)cc1. The number of nitrogens with zero attached hydrogens (tertiary/aromatic N) is 3. The minimum absolute atomic E-state index is 0.268. The lowest BCUT2D eigenvalue weighted by Gasteiger charge is -2.13. The summed E-state index contributed by atoms with van der Waals surface area (Å²) < 4.78 is 1.14. The van der Waals surface area contributed by atoms with Gasteiger partial charge in [0.2, 0.25) is 5.88 Å². The number of hydrogen-bond acceptors (Lipinski definition) is 4. The molecule has 1 atom stereocenters. The smallest absolute Gasteiger partial charge is 0.342 e. The van der Waals surface area contributed by atoms with Gasteiger partial charge in [-0.05, 0) is 16.7 Å². The van der Waals surface area contributed by atoms with Crippen LogP contribution in [-0.2, 0) is 0 Å². The lowest BCUT2D eigenvalue weighted by atomic mass is 9.92. The lowest BCUT2D eigenvalue weighted by molar-refractivity contribution is 0.0692. The van der Waals surface area contributed by atoms with Crippen LogP contribution >= 0.6 is 0 Å². The Morgan fingerprint density at radius 1 is 1.00 bits per heavy atom. The molecule has 1 unspecified atom stereocenters. The van der Waals surface area contributed by atoms with Gasteiger partial charge >= 0.3 is 5.97 Å². The topological polar surface area (TPSA) is 87.7 Å². The number of benzene rings is 2. The molecule has 6 nitrogen and oxygen atoms in total. The molecular formula is C21H17N3O3. The molecule has 27 heavy (non-hydrogen) atoms. The van der Waals surface area contributed by atoms with Crippen LogP contribution in [0.3, 0.4) is 0 Å². The molecule has 0 aliphatic rings. The first-order chi connectivity index (χ1) is 13.1. The van der Waals surface area contributed by atoms with Crippen molar-refractivity contribution in [1.29, 1.82) is 0 Å². The van der Waals surface area contributed by atoms with Crippen molar-refractivity contribution in [1.82, 2.24) is 14.6 Å². The monoisotopic (exact) mass is 359 g/mol. The van der Waals surface area contributed by atoms with Crippen molar-refractivity contribution in [2.24, 2.45) is 0 Å². The zero-order valence-electron chi connectivity index (χ0n) is 14.6. The highest BCUT2D eigenvalue weighted by atomic mass is 16.4. The van der Waals surface area contributed by atoms with Gasteiger partial charge < -0.3 is 10.2 Å². The van der Waals surface area contributed by atoms with Gasteiger partial charge in [-0.3, -0.25) is 0 Å². The highest BCUT2D eigenvalue weighted by Crippen LogP contribution is 2.30. The average molecular weight is 359 g/mol. The molecule has 2 heterocycles. The van der Waals surface area contributed by atoms with Gasteiger partial charge in [-0.25, -0.2) is 9.78 Å². The molecule has 2 N–H and O–H groups in total. The number of carbonyl (C=O) groups is 1. The van der Waals surface area contributed by atoms with Crippen LogP contribution in [0.1, 0.15) is 34.3 Å². The van der Waals surface area contributed by atoms with Crippen molar-refractivity contribution in [3.8, 4) is 17.0 Å². The van der Waals surface area contributed by atoms with Crippen molar-refractivity contribution in [2.45, 2.75) is 12.8 Å². The summed E-state index contributed by atoms with van der Waals surface area (Å²) in [7, 11) is 0. The van der Waals surface area contributed by atoms with Crippen molar-refractivity contribution < 1.29 is 15.0 Å². The maximum absolute atomic E-state index is 11.1. The van der Waals surface area contributed by atoms with Crippen LogP contribution in [0.2, 0.25) is 0 Å². The Morgan fingerprint density at radius 2 is 1.67 bits per heavy atom. The third-order valence-electron chi connectivity index (χ3n) is 4.75. The van der Waals surface area contributed by atoms with E-state index in [0.29, 0.717) is 5.65 Å². The number of aromatic carboxylic acids is 1. The van der Waals surface area contributed by atoms with Crippen LogP contribution in [-0.4, -0.2) is 30.8 Å². The summed E-state index contributed by atoms with van der Waals surface area (Å²) in [6, 6.07) is 18.4. The van der Waals surface area contributed by atoms with Crippen molar-refractivity contribution in [2.75, 3.05) is 0 Å². The zero-order valence-corrected chi connectivity index (χ0v) is 14.6. The van der Waals surface area contributed by atoms with Crippen molar-refractivity contribution in [3.63, 3.8) is 0 Å². The number of rotatable bonds is 4. The maximum atomic E-state index is 11.1. The molecule has 0 radical (unpaired) electrons. The van der Waals surface area contributed by atoms with E-state index in [9.17, 15) is 9.90 Å². The Balaban J connectivity index is 1.70. The molecule has 0 fully saturated rings. The number of aromatic nitrogens is 3. The fourth-order valence-electron chi connectivity index (χ4n) is 3.16. The maximum Gasteiger partial charge on any atom is 0.342 e. The Labute approximate surface area is 155 Å². The number of carboxylic acids is 1. The highest BCUT2D eigenvalue weighted by Gasteiger charge is 2.18. The van der Waals surface area contributed by atoms with E-state index in [1.54, 1.807) is 6.20 Å². The van der Waals surface area contributed by atoms with Crippen LogP contribution in [0.25, 0.3) is 16.8 Å². The summed E-state index contributed by atoms with van der Waals surface area (Å²) in [5.74, 6) is -1.42. The third kappa shape index (κ3) is 2.91. The highest BCUT2D eigenvalue weighted by molar-refractivity contribution is 5.90. The Kier molecular flexibility index (Phi) is 4.08. The first-order valence-corrected chi connectivity index (χ1v) is 8.50. The van der Waals surface area contributed by atoms with E-state index in [-0.39, 0.29) is 11.5 Å². The molecule has 4 aromatic rings. The number of fused-ring (bicyclic) bond motifs is 1. The molecule has 0 aliphatic carbocycles. The summed E-state index contributed by atoms with van der Waals surface area (Å²) in [6.07, 6.45) is 2.72. The van der Waals surface area contributed by atoms with Crippen molar-refractivity contribution >= 4 is 11.6 Å². The predicted molar refractivity (Wildman–Crippen MR) is 101 cm³/mol. The molecular weight excluding hydrogens is 342 g/mol. The molecule has 2 aromatic carbocycles. The quantitative estimate of drug-likeness (QED) is 0.576. The van der Waals surface area contributed by atoms with Crippen LogP contribution in [0, 0.1) is 0 Å². The van der Waals surface area contributed by atoms with Gasteiger partial charge in [0.05, 0.1) is 6.20 Å². The Morgan fingerprint density at radius 3 is 2.33 bits per heavy atom. The molecule has 0 aliphatic heterocycles. The fraction of sp³-hybridized carbons (Fsp3) is 0.0952. The van der Waals surface area contributed by atoms with Gasteiger partial charge in [0.25, 0.3) is 0 Å². The Bertz CT molecular complexity index is 1120. The van der Waals surface area contributed by atoms with E-state index in [4.69, 9.17) is 5.11 Å². The lowest BCUT2D eigenvalue weighted by Crippen LogP contribution is -2.03. The fourth-order valence-corrected chi connectivity index (χ4v) is 3.16. The first-order valence-electron chi connectivity index (χ1n) is 8.50. The molecule has 0 bridgehead atoms. The van der Waals surface area contributed by atoms with Crippen LogP contribution in [0.15, 0.2) is 67.0 Å².